The smallest absolute Gasteiger partial charge is 0.277 e. The summed E-state index contributed by atoms with van der Waals surface area (Å²) in [5.41, 5.74) is -0.456. The highest BCUT2D eigenvalue weighted by Gasteiger charge is 2.29. The third-order valence-electron chi connectivity index (χ3n) is 6.48. The summed E-state index contributed by atoms with van der Waals surface area (Å²) in [5.74, 6) is -0.671. The molecule has 1 aliphatic heterocycles. The van der Waals surface area contributed by atoms with Crippen molar-refractivity contribution in [1.29, 1.82) is 0 Å². The summed E-state index contributed by atoms with van der Waals surface area (Å²) in [6.45, 7) is 3.54. The minimum atomic E-state index is -1.09. The van der Waals surface area contributed by atoms with E-state index in [1.807, 2.05) is 12.2 Å². The Morgan fingerprint density at radius 3 is 1.98 bits per heavy atom. The number of allylic oxidation sites excluding steroid dienone is 12. The van der Waals surface area contributed by atoms with Crippen LogP contribution in [0.3, 0.4) is 0 Å². The van der Waals surface area contributed by atoms with Crippen LogP contribution in [0.5, 0.6) is 0 Å². The van der Waals surface area contributed by atoms with Crippen LogP contribution in [-0.2, 0) is 9.59 Å². The van der Waals surface area contributed by atoms with E-state index in [9.17, 15) is 24.6 Å². The number of hydrogen-bond acceptors (Lipinski definition) is 8. The average molecular weight is 609 g/mol. The number of rotatable bonds is 19. The summed E-state index contributed by atoms with van der Waals surface area (Å²) in [7, 11) is 0. The van der Waals surface area contributed by atoms with Crippen LogP contribution >= 0.6 is 0 Å². The predicted molar refractivity (Wildman–Crippen MR) is 178 cm³/mol. The van der Waals surface area contributed by atoms with E-state index in [0.717, 1.165) is 38.5 Å². The molecular weight excluding hydrogens is 560 g/mol. The largest absolute Gasteiger partial charge is 0.391 e. The van der Waals surface area contributed by atoms with E-state index in [1.54, 1.807) is 0 Å². The van der Waals surface area contributed by atoms with E-state index >= 15 is 0 Å². The van der Waals surface area contributed by atoms with Gasteiger partial charge in [-0.25, -0.2) is 0 Å². The number of fused-ring (bicyclic) bond motifs is 1. The van der Waals surface area contributed by atoms with E-state index in [0.29, 0.717) is 6.42 Å². The number of nitrogens with one attached hydrogen (secondary N) is 5. The van der Waals surface area contributed by atoms with Crippen molar-refractivity contribution < 1.29 is 19.8 Å². The normalized spacial score (nSPS) is 16.6. The molecule has 240 valence electrons. The number of aromatic amines is 1. The summed E-state index contributed by atoms with van der Waals surface area (Å²) >= 11 is 0. The molecular formula is C33H48N6O5. The van der Waals surface area contributed by atoms with E-state index in [1.165, 1.54) is 6.92 Å². The van der Waals surface area contributed by atoms with Gasteiger partial charge in [0.25, 0.3) is 5.56 Å². The number of hydrogen-bond donors (Lipinski definition) is 7. The Morgan fingerprint density at radius 1 is 0.886 bits per heavy atom. The summed E-state index contributed by atoms with van der Waals surface area (Å²) in [6.07, 6.45) is 29.9. The van der Waals surface area contributed by atoms with Gasteiger partial charge < -0.3 is 26.2 Å². The number of anilines is 3. The van der Waals surface area contributed by atoms with Gasteiger partial charge in [0.2, 0.25) is 17.8 Å². The minimum absolute atomic E-state index is 0.0743. The van der Waals surface area contributed by atoms with Crippen LogP contribution in [0.15, 0.2) is 77.7 Å². The Kier molecular flexibility index (Phi) is 17.6. The van der Waals surface area contributed by atoms with Crippen molar-refractivity contribution in [3.8, 4) is 0 Å². The number of H-pyrrole nitrogens is 1. The Hall–Kier alpha value is -4.22. The third-order valence-corrected chi connectivity index (χ3v) is 6.48. The molecule has 0 aliphatic carbocycles. The zero-order valence-electron chi connectivity index (χ0n) is 25.8. The zero-order chi connectivity index (χ0) is 32.0. The quantitative estimate of drug-likeness (QED) is 0.114. The van der Waals surface area contributed by atoms with Crippen LogP contribution in [0.25, 0.3) is 0 Å². The monoisotopic (exact) mass is 608 g/mol. The van der Waals surface area contributed by atoms with Crippen LogP contribution in [0, 0.1) is 0 Å². The van der Waals surface area contributed by atoms with Gasteiger partial charge in [0.1, 0.15) is 11.8 Å². The molecule has 0 spiro atoms. The fourth-order valence-corrected chi connectivity index (χ4v) is 4.08. The first kappa shape index (κ1) is 36.0. The van der Waals surface area contributed by atoms with Gasteiger partial charge in [0.15, 0.2) is 5.82 Å². The maximum atomic E-state index is 12.4. The summed E-state index contributed by atoms with van der Waals surface area (Å²) in [4.78, 5) is 43.4. The van der Waals surface area contributed by atoms with Crippen LogP contribution in [0.2, 0.25) is 0 Å². The summed E-state index contributed by atoms with van der Waals surface area (Å²) in [6, 6.07) is -0.589. The van der Waals surface area contributed by atoms with Gasteiger partial charge in [0, 0.05) is 13.0 Å². The fraction of sp³-hybridized carbons (Fsp3) is 0.455. The zero-order valence-corrected chi connectivity index (χ0v) is 25.8. The lowest BCUT2D eigenvalue weighted by molar-refractivity contribution is -0.124. The Bertz CT molecular complexity index is 1260. The van der Waals surface area contributed by atoms with Gasteiger partial charge in [-0.05, 0) is 51.9 Å². The van der Waals surface area contributed by atoms with Gasteiger partial charge in [-0.2, -0.15) is 4.98 Å². The van der Waals surface area contributed by atoms with E-state index in [-0.39, 0.29) is 42.9 Å². The molecule has 2 amide bonds. The summed E-state index contributed by atoms with van der Waals surface area (Å²) < 4.78 is 0. The highest BCUT2D eigenvalue weighted by Crippen LogP contribution is 2.22. The maximum absolute atomic E-state index is 12.4. The molecule has 3 atom stereocenters. The molecule has 7 N–H and O–H groups in total. The number of aliphatic hydroxyl groups excluding tert-OH is 2. The van der Waals surface area contributed by atoms with Crippen LogP contribution < -0.4 is 26.8 Å². The van der Waals surface area contributed by atoms with Crippen molar-refractivity contribution in [3.05, 3.63) is 83.3 Å². The molecule has 0 saturated carbocycles. The van der Waals surface area contributed by atoms with Crippen molar-refractivity contribution in [3.63, 3.8) is 0 Å². The molecule has 11 heteroatoms. The van der Waals surface area contributed by atoms with Crippen molar-refractivity contribution >= 4 is 29.3 Å². The first-order chi connectivity index (χ1) is 21.3. The van der Waals surface area contributed by atoms with Crippen molar-refractivity contribution in [2.45, 2.75) is 83.5 Å². The van der Waals surface area contributed by atoms with E-state index in [4.69, 9.17) is 0 Å². The minimum Gasteiger partial charge on any atom is -0.391 e. The SMILES string of the molecule is CCC=CCC=CCC=CCC=CCC=CCC=CCCC(=O)NCC(=O)Nc1nc2c(c(=O)[nH]1)NC(C(O)C(C)O)CN2. The van der Waals surface area contributed by atoms with Crippen molar-refractivity contribution in [2.24, 2.45) is 0 Å². The van der Waals surface area contributed by atoms with Crippen molar-refractivity contribution in [2.75, 3.05) is 29.0 Å². The fourth-order valence-electron chi connectivity index (χ4n) is 4.08. The average Bonchev–Trinajstić information content (AvgIpc) is 3.00. The molecule has 0 fully saturated rings. The van der Waals surface area contributed by atoms with Gasteiger partial charge >= 0.3 is 0 Å². The molecule has 0 radical (unpaired) electrons. The highest BCUT2D eigenvalue weighted by molar-refractivity contribution is 5.93. The van der Waals surface area contributed by atoms with Gasteiger partial charge in [-0.3, -0.25) is 24.7 Å². The van der Waals surface area contributed by atoms with Gasteiger partial charge in [-0.15, -0.1) is 0 Å². The molecule has 2 rings (SSSR count). The lowest BCUT2D eigenvalue weighted by atomic mass is 10.0. The number of carbonyl (C=O) groups is 2. The number of nitrogens with zero attached hydrogens (tertiary/aromatic N) is 1. The molecule has 1 aromatic rings. The highest BCUT2D eigenvalue weighted by atomic mass is 16.3. The Labute approximate surface area is 260 Å². The van der Waals surface area contributed by atoms with E-state index < -0.39 is 29.7 Å². The lowest BCUT2D eigenvalue weighted by Crippen LogP contribution is -2.48. The molecule has 2 heterocycles. The van der Waals surface area contributed by atoms with Gasteiger partial charge in [0.05, 0.1) is 18.7 Å². The van der Waals surface area contributed by atoms with Crippen LogP contribution in [0.1, 0.15) is 65.2 Å². The number of aliphatic hydroxyl groups is 2. The topological polar surface area (TPSA) is 168 Å². The molecule has 0 bridgehead atoms. The first-order valence-corrected chi connectivity index (χ1v) is 15.3. The molecule has 1 aliphatic rings. The number of amides is 2. The summed E-state index contributed by atoms with van der Waals surface area (Å²) in [5, 5.41) is 30.4. The Balaban J connectivity index is 1.56. The molecule has 11 nitrogen and oxygen atoms in total. The second-order valence-corrected chi connectivity index (χ2v) is 10.3. The van der Waals surface area contributed by atoms with Crippen molar-refractivity contribution in [1.82, 2.24) is 15.3 Å². The third kappa shape index (κ3) is 14.8. The van der Waals surface area contributed by atoms with Gasteiger partial charge in [-0.1, -0.05) is 79.8 Å². The van der Waals surface area contributed by atoms with Crippen LogP contribution in [-0.4, -0.2) is 63.3 Å². The molecule has 44 heavy (non-hydrogen) atoms. The standard InChI is InChI=1S/C33H48N6O5/c1-3-4-5-6-7-8-9-10-11-12-13-14-15-16-17-18-19-20-21-22-27(41)34-24-28(42)37-33-38-31-29(32(44)39-33)36-26(23-35-31)30(43)25(2)40/h4-5,7-8,10-11,13-14,16-17,19-20,25-26,30,36,40,43H,3,6,9,12,15,18,21-24H2,1-2H3,(H,34,41)(H3,35,37,38,39,42,44). The molecule has 1 aromatic heterocycles. The second-order valence-electron chi connectivity index (χ2n) is 10.3. The molecule has 3 unspecified atom stereocenters. The van der Waals surface area contributed by atoms with E-state index in [2.05, 4.69) is 98.9 Å². The predicted octanol–water partition coefficient (Wildman–Crippen LogP) is 4.25. The number of carbonyl (C=O) groups excluding carboxylic acids is 2. The first-order valence-electron chi connectivity index (χ1n) is 15.3. The maximum Gasteiger partial charge on any atom is 0.277 e. The molecule has 0 aromatic carbocycles. The van der Waals surface area contributed by atoms with Crippen LogP contribution in [0.4, 0.5) is 17.5 Å². The lowest BCUT2D eigenvalue weighted by Gasteiger charge is -2.31. The number of aromatic nitrogens is 2. The Morgan fingerprint density at radius 2 is 1.43 bits per heavy atom. The molecule has 0 saturated heterocycles. The second kappa shape index (κ2) is 21.5.